The molecule has 0 aliphatic carbocycles. The average Bonchev–Trinajstić information content (AvgIpc) is 2.07. The van der Waals surface area contributed by atoms with Gasteiger partial charge in [-0.25, -0.2) is 0 Å². The van der Waals surface area contributed by atoms with Crippen molar-refractivity contribution in [2.24, 2.45) is 0 Å². The van der Waals surface area contributed by atoms with Crippen LogP contribution >= 0.6 is 11.8 Å². The number of hydrogen-bond donors (Lipinski definition) is 0. The number of thiocyanates is 1. The molecule has 1 rings (SSSR count). The van der Waals surface area contributed by atoms with E-state index in [0.29, 0.717) is 11.4 Å². The maximum atomic E-state index is 8.42. The predicted molar refractivity (Wildman–Crippen MR) is 46.3 cm³/mol. The van der Waals surface area contributed by atoms with Crippen LogP contribution in [-0.2, 0) is 4.74 Å². The quantitative estimate of drug-likeness (QED) is 0.597. The molecule has 11 heavy (non-hydrogen) atoms. The Morgan fingerprint density at radius 1 is 1.64 bits per heavy atom. The van der Waals surface area contributed by atoms with E-state index in [4.69, 9.17) is 10.00 Å². The largest absolute Gasteiger partial charge is 0.377 e. The Morgan fingerprint density at radius 3 is 3.00 bits per heavy atom. The monoisotopic (exact) mass is 171 g/mol. The van der Waals surface area contributed by atoms with Gasteiger partial charge in [-0.05, 0) is 37.9 Å². The second-order valence-corrected chi connectivity index (χ2v) is 3.98. The third-order valence-electron chi connectivity index (χ3n) is 1.98. The van der Waals surface area contributed by atoms with Gasteiger partial charge in [0.1, 0.15) is 5.40 Å². The van der Waals surface area contributed by atoms with Crippen molar-refractivity contribution in [3.05, 3.63) is 0 Å². The maximum absolute atomic E-state index is 8.42. The second-order valence-electron chi connectivity index (χ2n) is 2.82. The van der Waals surface area contributed by atoms with E-state index >= 15 is 0 Å². The highest BCUT2D eigenvalue weighted by atomic mass is 32.2. The van der Waals surface area contributed by atoms with Crippen molar-refractivity contribution >= 4 is 11.8 Å². The summed E-state index contributed by atoms with van der Waals surface area (Å²) < 4.78 is 5.52. The summed E-state index contributed by atoms with van der Waals surface area (Å²) in [6, 6.07) is 0. The molecule has 0 unspecified atom stereocenters. The Bertz CT molecular complexity index is 149. The zero-order chi connectivity index (χ0) is 8.10. The van der Waals surface area contributed by atoms with Crippen LogP contribution in [0.3, 0.4) is 0 Å². The zero-order valence-corrected chi connectivity index (χ0v) is 7.56. The Kier molecular flexibility index (Phi) is 3.74. The molecule has 0 saturated carbocycles. The fourth-order valence-corrected chi connectivity index (χ4v) is 1.83. The Hall–Kier alpha value is -0.200. The van der Waals surface area contributed by atoms with E-state index in [1.807, 2.05) is 0 Å². The summed E-state index contributed by atoms with van der Waals surface area (Å²) in [5.74, 6) is 0. The van der Waals surface area contributed by atoms with Gasteiger partial charge in [0.25, 0.3) is 0 Å². The van der Waals surface area contributed by atoms with Crippen LogP contribution in [0, 0.1) is 10.7 Å². The highest BCUT2D eigenvalue weighted by molar-refractivity contribution is 8.04. The molecule has 1 fully saturated rings. The van der Waals surface area contributed by atoms with Crippen molar-refractivity contribution in [1.82, 2.24) is 0 Å². The zero-order valence-electron chi connectivity index (χ0n) is 6.75. The van der Waals surface area contributed by atoms with Gasteiger partial charge in [0.05, 0.1) is 6.10 Å². The van der Waals surface area contributed by atoms with Gasteiger partial charge in [0.15, 0.2) is 0 Å². The standard InChI is InChI=1S/C8H13NOS/c1-7(11-6-9)8-4-2-3-5-10-8/h7-8H,2-5H2,1H3/t7-,8-/m0/s1. The van der Waals surface area contributed by atoms with Gasteiger partial charge in [0, 0.05) is 11.9 Å². The van der Waals surface area contributed by atoms with Crippen LogP contribution in [0.5, 0.6) is 0 Å². The Labute approximate surface area is 71.9 Å². The molecular formula is C8H13NOS. The molecular weight excluding hydrogens is 158 g/mol. The number of hydrogen-bond acceptors (Lipinski definition) is 3. The molecule has 1 aliphatic heterocycles. The van der Waals surface area contributed by atoms with E-state index in [1.165, 1.54) is 24.6 Å². The van der Waals surface area contributed by atoms with Crippen molar-refractivity contribution in [3.63, 3.8) is 0 Å². The third kappa shape index (κ3) is 2.72. The van der Waals surface area contributed by atoms with E-state index in [9.17, 15) is 0 Å². The van der Waals surface area contributed by atoms with Gasteiger partial charge in [-0.15, -0.1) is 0 Å². The lowest BCUT2D eigenvalue weighted by Crippen LogP contribution is -2.27. The van der Waals surface area contributed by atoms with E-state index in [0.717, 1.165) is 13.0 Å². The number of rotatable bonds is 2. The molecule has 0 N–H and O–H groups in total. The number of ether oxygens (including phenoxy) is 1. The van der Waals surface area contributed by atoms with Gasteiger partial charge >= 0.3 is 0 Å². The summed E-state index contributed by atoms with van der Waals surface area (Å²) in [7, 11) is 0. The topological polar surface area (TPSA) is 33.0 Å². The lowest BCUT2D eigenvalue weighted by Gasteiger charge is -2.25. The molecule has 1 saturated heterocycles. The number of thioether (sulfide) groups is 1. The number of nitrogens with zero attached hydrogens (tertiary/aromatic N) is 1. The highest BCUT2D eigenvalue weighted by Gasteiger charge is 2.20. The smallest absolute Gasteiger partial charge is 0.133 e. The average molecular weight is 171 g/mol. The molecule has 2 nitrogen and oxygen atoms in total. The van der Waals surface area contributed by atoms with Crippen molar-refractivity contribution in [3.8, 4) is 5.40 Å². The first kappa shape index (κ1) is 8.89. The molecule has 62 valence electrons. The lowest BCUT2D eigenvalue weighted by molar-refractivity contribution is 0.0179. The first-order valence-corrected chi connectivity index (χ1v) is 4.89. The van der Waals surface area contributed by atoms with Crippen LogP contribution in [0.25, 0.3) is 0 Å². The summed E-state index contributed by atoms with van der Waals surface area (Å²) in [4.78, 5) is 0. The summed E-state index contributed by atoms with van der Waals surface area (Å²) in [6.07, 6.45) is 3.87. The van der Waals surface area contributed by atoms with Crippen LogP contribution in [0.15, 0.2) is 0 Å². The van der Waals surface area contributed by atoms with Crippen molar-refractivity contribution in [2.45, 2.75) is 37.5 Å². The van der Waals surface area contributed by atoms with Crippen LogP contribution < -0.4 is 0 Å². The van der Waals surface area contributed by atoms with E-state index in [2.05, 4.69) is 12.3 Å². The molecule has 1 heterocycles. The van der Waals surface area contributed by atoms with Gasteiger partial charge in [-0.2, -0.15) is 5.26 Å². The van der Waals surface area contributed by atoms with Crippen LogP contribution in [0.1, 0.15) is 26.2 Å². The van der Waals surface area contributed by atoms with Crippen molar-refractivity contribution < 1.29 is 4.74 Å². The van der Waals surface area contributed by atoms with E-state index in [-0.39, 0.29) is 0 Å². The molecule has 0 radical (unpaired) electrons. The van der Waals surface area contributed by atoms with Gasteiger partial charge in [-0.3, -0.25) is 0 Å². The predicted octanol–water partition coefficient (Wildman–Crippen LogP) is 2.16. The Morgan fingerprint density at radius 2 is 2.45 bits per heavy atom. The first-order chi connectivity index (χ1) is 5.34. The molecule has 1 aliphatic rings. The third-order valence-corrected chi connectivity index (χ3v) is 2.76. The van der Waals surface area contributed by atoms with Crippen LogP contribution in [0.4, 0.5) is 0 Å². The fourth-order valence-electron chi connectivity index (χ4n) is 1.29. The minimum Gasteiger partial charge on any atom is -0.377 e. The maximum Gasteiger partial charge on any atom is 0.133 e. The minimum atomic E-state index is 0.313. The van der Waals surface area contributed by atoms with Crippen molar-refractivity contribution in [1.29, 1.82) is 5.26 Å². The Balaban J connectivity index is 2.27. The molecule has 2 atom stereocenters. The molecule has 0 spiro atoms. The van der Waals surface area contributed by atoms with E-state index < -0.39 is 0 Å². The molecule has 0 aromatic rings. The van der Waals surface area contributed by atoms with E-state index in [1.54, 1.807) is 0 Å². The number of nitriles is 1. The molecule has 0 amide bonds. The fraction of sp³-hybridized carbons (Fsp3) is 0.875. The summed E-state index contributed by atoms with van der Waals surface area (Å²) >= 11 is 1.32. The highest BCUT2D eigenvalue weighted by Crippen LogP contribution is 2.23. The van der Waals surface area contributed by atoms with Gasteiger partial charge in [0.2, 0.25) is 0 Å². The summed E-state index contributed by atoms with van der Waals surface area (Å²) in [5.41, 5.74) is 0. The first-order valence-electron chi connectivity index (χ1n) is 4.01. The molecule has 0 bridgehead atoms. The van der Waals surface area contributed by atoms with Crippen LogP contribution in [0.2, 0.25) is 0 Å². The summed E-state index contributed by atoms with van der Waals surface area (Å²) in [5, 5.41) is 10.9. The van der Waals surface area contributed by atoms with Crippen LogP contribution in [-0.4, -0.2) is 18.0 Å². The van der Waals surface area contributed by atoms with Gasteiger partial charge < -0.3 is 4.74 Å². The normalized spacial score (nSPS) is 27.5. The lowest BCUT2D eigenvalue weighted by atomic mass is 10.1. The summed E-state index contributed by atoms with van der Waals surface area (Å²) in [6.45, 7) is 2.94. The molecule has 3 heteroatoms. The van der Waals surface area contributed by atoms with Gasteiger partial charge in [-0.1, -0.05) is 0 Å². The SMILES string of the molecule is C[C@H](SC#N)[C@@H]1CCCCO1. The molecule has 0 aromatic heterocycles. The molecule has 0 aromatic carbocycles. The minimum absolute atomic E-state index is 0.313. The van der Waals surface area contributed by atoms with Crippen molar-refractivity contribution in [2.75, 3.05) is 6.61 Å². The second kappa shape index (κ2) is 4.63.